The molecule has 1 aromatic carbocycles. The number of rotatable bonds is 6. The van der Waals surface area contributed by atoms with Gasteiger partial charge in [0.1, 0.15) is 0 Å². The zero-order chi connectivity index (χ0) is 13.6. The number of hydrogen-bond donors (Lipinski definition) is 0. The first kappa shape index (κ1) is 15.1. The maximum atomic E-state index is 12.2. The first-order valence-corrected chi connectivity index (χ1v) is 7.39. The van der Waals surface area contributed by atoms with Crippen LogP contribution in [-0.2, 0) is 4.79 Å². The average molecular weight is 265 g/mol. The molecular weight excluding hydrogens is 242 g/mol. The lowest BCUT2D eigenvalue weighted by molar-refractivity contribution is -0.138. The molecule has 0 atom stereocenters. The predicted molar refractivity (Wildman–Crippen MR) is 78.9 cm³/mol. The van der Waals surface area contributed by atoms with Gasteiger partial charge in [0.15, 0.2) is 0 Å². The summed E-state index contributed by atoms with van der Waals surface area (Å²) in [6.07, 6.45) is 0.877. The highest BCUT2D eigenvalue weighted by Gasteiger charge is 2.27. The minimum absolute atomic E-state index is 0.235. The van der Waals surface area contributed by atoms with E-state index in [1.54, 1.807) is 11.8 Å². The molecule has 0 aliphatic rings. The molecule has 18 heavy (non-hydrogen) atoms. The van der Waals surface area contributed by atoms with Gasteiger partial charge in [0.05, 0.1) is 0 Å². The molecule has 0 saturated carbocycles. The average Bonchev–Trinajstić information content (AvgIpc) is 2.39. The summed E-state index contributed by atoms with van der Waals surface area (Å²) >= 11 is 1.79. The quantitative estimate of drug-likeness (QED) is 0.731. The Morgan fingerprint density at radius 1 is 1.28 bits per heavy atom. The van der Waals surface area contributed by atoms with Crippen LogP contribution in [0, 0.1) is 5.41 Å². The van der Waals surface area contributed by atoms with Crippen LogP contribution in [0.15, 0.2) is 35.2 Å². The number of thioether (sulfide) groups is 1. The smallest absolute Gasteiger partial charge is 0.227 e. The van der Waals surface area contributed by atoms with Gasteiger partial charge in [0.25, 0.3) is 0 Å². The van der Waals surface area contributed by atoms with Crippen molar-refractivity contribution in [2.75, 3.05) is 19.3 Å². The summed E-state index contributed by atoms with van der Waals surface area (Å²) in [7, 11) is 1.89. The third-order valence-electron chi connectivity index (χ3n) is 3.25. The molecule has 100 valence electrons. The third kappa shape index (κ3) is 4.37. The highest BCUT2D eigenvalue weighted by Crippen LogP contribution is 2.23. The fourth-order valence-corrected chi connectivity index (χ4v) is 2.54. The van der Waals surface area contributed by atoms with E-state index >= 15 is 0 Å². The summed E-state index contributed by atoms with van der Waals surface area (Å²) in [6, 6.07) is 10.3. The van der Waals surface area contributed by atoms with Crippen LogP contribution < -0.4 is 0 Å². The molecule has 3 heteroatoms. The largest absolute Gasteiger partial charge is 0.344 e. The van der Waals surface area contributed by atoms with Gasteiger partial charge in [-0.25, -0.2) is 0 Å². The van der Waals surface area contributed by atoms with Gasteiger partial charge in [-0.2, -0.15) is 0 Å². The van der Waals surface area contributed by atoms with Gasteiger partial charge in [-0.1, -0.05) is 39.0 Å². The molecule has 0 fully saturated rings. The van der Waals surface area contributed by atoms with Crippen LogP contribution in [0.3, 0.4) is 0 Å². The standard InChI is InChI=1S/C15H23NOS/c1-5-15(2,3)14(17)16(4)11-12-18-13-9-7-6-8-10-13/h6-10H,5,11-12H2,1-4H3. The zero-order valence-electron chi connectivity index (χ0n) is 11.8. The Hall–Kier alpha value is -0.960. The highest BCUT2D eigenvalue weighted by atomic mass is 32.2. The topological polar surface area (TPSA) is 20.3 Å². The fourth-order valence-electron chi connectivity index (χ4n) is 1.59. The molecule has 0 heterocycles. The fraction of sp³-hybridized carbons (Fsp3) is 0.533. The van der Waals surface area contributed by atoms with Crippen molar-refractivity contribution in [1.29, 1.82) is 0 Å². The van der Waals surface area contributed by atoms with E-state index in [9.17, 15) is 4.79 Å². The van der Waals surface area contributed by atoms with Crippen LogP contribution in [0.4, 0.5) is 0 Å². The SMILES string of the molecule is CCC(C)(C)C(=O)N(C)CCSc1ccccc1. The summed E-state index contributed by atoms with van der Waals surface area (Å²) in [6.45, 7) is 6.87. The number of carbonyl (C=O) groups is 1. The van der Waals surface area contributed by atoms with E-state index < -0.39 is 0 Å². The van der Waals surface area contributed by atoms with Crippen molar-refractivity contribution in [3.05, 3.63) is 30.3 Å². The summed E-state index contributed by atoms with van der Waals surface area (Å²) in [5.74, 6) is 1.17. The van der Waals surface area contributed by atoms with Gasteiger partial charge in [-0.3, -0.25) is 4.79 Å². The first-order chi connectivity index (χ1) is 8.47. The van der Waals surface area contributed by atoms with Crippen LogP contribution in [0.25, 0.3) is 0 Å². The molecular formula is C15H23NOS. The molecule has 0 aliphatic heterocycles. The number of amides is 1. The molecule has 0 aliphatic carbocycles. The molecule has 0 unspecified atom stereocenters. The van der Waals surface area contributed by atoms with Crippen molar-refractivity contribution in [3.63, 3.8) is 0 Å². The van der Waals surface area contributed by atoms with Crippen LogP contribution in [0.1, 0.15) is 27.2 Å². The molecule has 0 N–H and O–H groups in total. The number of benzene rings is 1. The highest BCUT2D eigenvalue weighted by molar-refractivity contribution is 7.99. The minimum atomic E-state index is -0.244. The van der Waals surface area contributed by atoms with E-state index in [0.29, 0.717) is 0 Å². The number of nitrogens with zero attached hydrogens (tertiary/aromatic N) is 1. The van der Waals surface area contributed by atoms with E-state index in [-0.39, 0.29) is 11.3 Å². The molecule has 0 radical (unpaired) electrons. The van der Waals surface area contributed by atoms with Crippen molar-refractivity contribution in [2.24, 2.45) is 5.41 Å². The zero-order valence-corrected chi connectivity index (χ0v) is 12.6. The lowest BCUT2D eigenvalue weighted by Gasteiger charge is -2.28. The Bertz CT molecular complexity index is 375. The Labute approximate surface area is 115 Å². The Morgan fingerprint density at radius 3 is 2.44 bits per heavy atom. The second-order valence-corrected chi connectivity index (χ2v) is 6.29. The summed E-state index contributed by atoms with van der Waals surface area (Å²) in [5, 5.41) is 0. The maximum Gasteiger partial charge on any atom is 0.227 e. The summed E-state index contributed by atoms with van der Waals surface area (Å²) < 4.78 is 0. The molecule has 2 nitrogen and oxygen atoms in total. The lowest BCUT2D eigenvalue weighted by Crippen LogP contribution is -2.39. The van der Waals surface area contributed by atoms with Gasteiger partial charge in [0, 0.05) is 29.7 Å². The van der Waals surface area contributed by atoms with Crippen LogP contribution >= 0.6 is 11.8 Å². The molecule has 1 aromatic rings. The van der Waals surface area contributed by atoms with Crippen molar-refractivity contribution in [2.45, 2.75) is 32.1 Å². The predicted octanol–water partition coefficient (Wildman–Crippen LogP) is 3.67. The molecule has 1 rings (SSSR count). The second kappa shape index (κ2) is 6.83. The Balaban J connectivity index is 2.38. The summed E-state index contributed by atoms with van der Waals surface area (Å²) in [5.41, 5.74) is -0.244. The molecule has 0 bridgehead atoms. The van der Waals surface area contributed by atoms with Crippen molar-refractivity contribution in [3.8, 4) is 0 Å². The normalized spacial score (nSPS) is 11.3. The lowest BCUT2D eigenvalue weighted by atomic mass is 9.89. The van der Waals surface area contributed by atoms with Gasteiger partial charge >= 0.3 is 0 Å². The van der Waals surface area contributed by atoms with Crippen LogP contribution in [0.5, 0.6) is 0 Å². The molecule has 0 spiro atoms. The van der Waals surface area contributed by atoms with E-state index in [0.717, 1.165) is 18.7 Å². The minimum Gasteiger partial charge on any atom is -0.344 e. The van der Waals surface area contributed by atoms with Crippen molar-refractivity contribution < 1.29 is 4.79 Å². The summed E-state index contributed by atoms with van der Waals surface area (Å²) in [4.78, 5) is 15.3. The number of carbonyl (C=O) groups excluding carboxylic acids is 1. The van der Waals surface area contributed by atoms with E-state index in [4.69, 9.17) is 0 Å². The van der Waals surface area contributed by atoms with Crippen molar-refractivity contribution >= 4 is 17.7 Å². The van der Waals surface area contributed by atoms with Gasteiger partial charge in [0.2, 0.25) is 5.91 Å². The Kier molecular flexibility index (Phi) is 5.73. The number of hydrogen-bond acceptors (Lipinski definition) is 2. The Morgan fingerprint density at radius 2 is 1.89 bits per heavy atom. The first-order valence-electron chi connectivity index (χ1n) is 6.41. The van der Waals surface area contributed by atoms with E-state index in [1.165, 1.54) is 4.90 Å². The molecule has 0 aromatic heterocycles. The van der Waals surface area contributed by atoms with Gasteiger partial charge < -0.3 is 4.90 Å². The molecule has 1 amide bonds. The third-order valence-corrected chi connectivity index (χ3v) is 4.24. The van der Waals surface area contributed by atoms with Crippen molar-refractivity contribution in [1.82, 2.24) is 4.90 Å². The second-order valence-electron chi connectivity index (χ2n) is 5.13. The van der Waals surface area contributed by atoms with Crippen LogP contribution in [-0.4, -0.2) is 30.2 Å². The van der Waals surface area contributed by atoms with E-state index in [1.807, 2.05) is 44.0 Å². The molecule has 0 saturated heterocycles. The van der Waals surface area contributed by atoms with E-state index in [2.05, 4.69) is 19.1 Å². The monoisotopic (exact) mass is 265 g/mol. The van der Waals surface area contributed by atoms with Gasteiger partial charge in [-0.15, -0.1) is 11.8 Å². The van der Waals surface area contributed by atoms with Crippen LogP contribution in [0.2, 0.25) is 0 Å². The van der Waals surface area contributed by atoms with Gasteiger partial charge in [-0.05, 0) is 18.6 Å². The maximum absolute atomic E-state index is 12.2.